The highest BCUT2D eigenvalue weighted by Crippen LogP contribution is 2.31. The molecule has 0 atom stereocenters. The summed E-state index contributed by atoms with van der Waals surface area (Å²) in [6.07, 6.45) is 10.2. The van der Waals surface area contributed by atoms with Crippen LogP contribution in [0.15, 0.2) is 74.2 Å². The maximum Gasteiger partial charge on any atom is 0.306 e. The average Bonchev–Trinajstić information content (AvgIpc) is 4.09. The highest BCUT2D eigenvalue weighted by atomic mass is 79.9. The van der Waals surface area contributed by atoms with E-state index in [9.17, 15) is 9.59 Å². The van der Waals surface area contributed by atoms with Crippen LogP contribution in [0.2, 0.25) is 0 Å². The number of hydrogen-bond acceptors (Lipinski definition) is 18. The fraction of sp³-hybridized carbons (Fsp3) is 0.317. The number of anilines is 1. The quantitative estimate of drug-likeness (QED) is 0.0965. The van der Waals surface area contributed by atoms with Crippen molar-refractivity contribution in [1.29, 1.82) is 0 Å². The van der Waals surface area contributed by atoms with Crippen LogP contribution >= 0.6 is 61.3 Å². The van der Waals surface area contributed by atoms with Crippen molar-refractivity contribution in [2.24, 2.45) is 5.73 Å². The average molecular weight is 965 g/mol. The van der Waals surface area contributed by atoms with Gasteiger partial charge in [0, 0.05) is 63.0 Å². The lowest BCUT2D eigenvalue weighted by atomic mass is 10.1. The number of aryl methyl sites for hydroxylation is 6. The summed E-state index contributed by atoms with van der Waals surface area (Å²) < 4.78 is 13.5. The standard InChI is InChI=1S/C21H17N7O2S.C11H17NO2S.C5H8N2S.C4H4BrNS/c1-12-14(25-11-31-12)3-4-15(29)18-20(22)27-19(21-24-7-9-30-21)17(26-18)13-2-5-16-23-6-8-28(16)10-13;1-8-9(12-7-15-8)5-6-10(13)14-11(2,3)4;1-4-5(2-6)7-3-8-4;1-3-4(5)6-2-7-3/h2,5-11H,3-4H2,1H3,(H2,22,27);7H,5-6H2,1-4H3;3H,2,6H2,1H3;2H,1H3. The maximum atomic E-state index is 13.0. The van der Waals surface area contributed by atoms with Gasteiger partial charge in [0.25, 0.3) is 0 Å². The highest BCUT2D eigenvalue weighted by molar-refractivity contribution is 9.10. The van der Waals surface area contributed by atoms with Gasteiger partial charge in [0.05, 0.1) is 51.7 Å². The number of ketones is 1. The van der Waals surface area contributed by atoms with E-state index in [1.807, 2.05) is 88.4 Å². The molecule has 20 heteroatoms. The normalized spacial score (nSPS) is 10.9. The molecule has 0 saturated carbocycles. The van der Waals surface area contributed by atoms with Gasteiger partial charge in [0.15, 0.2) is 17.3 Å². The van der Waals surface area contributed by atoms with Crippen molar-refractivity contribution in [3.63, 3.8) is 0 Å². The molecule has 15 nitrogen and oxygen atoms in total. The van der Waals surface area contributed by atoms with Crippen molar-refractivity contribution in [2.45, 2.75) is 86.3 Å². The largest absolute Gasteiger partial charge is 0.460 e. The Kier molecular flexibility index (Phi) is 17.0. The van der Waals surface area contributed by atoms with Crippen molar-refractivity contribution < 1.29 is 18.7 Å². The van der Waals surface area contributed by atoms with Crippen LogP contribution in [0.1, 0.15) is 80.7 Å². The summed E-state index contributed by atoms with van der Waals surface area (Å²) in [4.78, 5) is 63.1. The minimum Gasteiger partial charge on any atom is -0.460 e. The first kappa shape index (κ1) is 46.9. The smallest absolute Gasteiger partial charge is 0.306 e. The van der Waals surface area contributed by atoms with E-state index in [1.165, 1.54) is 27.1 Å². The zero-order valence-corrected chi connectivity index (χ0v) is 39.6. The number of nitrogens with two attached hydrogens (primary N) is 2. The summed E-state index contributed by atoms with van der Waals surface area (Å²) >= 11 is 9.71. The van der Waals surface area contributed by atoms with Gasteiger partial charge in [-0.25, -0.2) is 39.9 Å². The third kappa shape index (κ3) is 13.7. The first-order valence-electron chi connectivity index (χ1n) is 18.8. The Hall–Kier alpha value is -5.12. The van der Waals surface area contributed by atoms with Crippen LogP contribution in [-0.4, -0.2) is 61.6 Å². The van der Waals surface area contributed by atoms with Gasteiger partial charge >= 0.3 is 5.97 Å². The fourth-order valence-electron chi connectivity index (χ4n) is 5.32. The number of Topliss-reactive ketones (excluding diaryl/α,β-unsaturated/α-hetero) is 1. The minimum atomic E-state index is -0.395. The second-order valence-corrected chi connectivity index (χ2v) is 19.1. The molecule has 0 amide bonds. The number of thiazole rings is 4. The number of carbonyl (C=O) groups is 2. The van der Waals surface area contributed by atoms with Gasteiger partial charge in [-0.1, -0.05) is 0 Å². The van der Waals surface area contributed by atoms with Crippen LogP contribution in [0.3, 0.4) is 0 Å². The Balaban J connectivity index is 0.000000192. The van der Waals surface area contributed by atoms with E-state index in [2.05, 4.69) is 55.8 Å². The van der Waals surface area contributed by atoms with Crippen molar-refractivity contribution >= 4 is 84.5 Å². The summed E-state index contributed by atoms with van der Waals surface area (Å²) in [5.41, 5.74) is 23.7. The van der Waals surface area contributed by atoms with Crippen LogP contribution < -0.4 is 11.5 Å². The fourth-order valence-corrected chi connectivity index (χ4v) is 8.17. The number of nitrogens with zero attached hydrogens (tertiary/aromatic N) is 9. The number of oxazole rings is 1. The van der Waals surface area contributed by atoms with Gasteiger partial charge < -0.3 is 25.0 Å². The van der Waals surface area contributed by atoms with Crippen molar-refractivity contribution in [2.75, 3.05) is 5.73 Å². The van der Waals surface area contributed by atoms with Gasteiger partial charge in [-0.3, -0.25) is 9.59 Å². The summed E-state index contributed by atoms with van der Waals surface area (Å²) in [5, 5.41) is 0. The van der Waals surface area contributed by atoms with Gasteiger partial charge in [0.1, 0.15) is 33.5 Å². The number of rotatable bonds is 10. The van der Waals surface area contributed by atoms with Gasteiger partial charge in [-0.2, -0.15) is 0 Å². The Labute approximate surface area is 377 Å². The lowest BCUT2D eigenvalue weighted by Gasteiger charge is -2.19. The second kappa shape index (κ2) is 22.1. The van der Waals surface area contributed by atoms with Gasteiger partial charge in [-0.05, 0) is 82.9 Å². The third-order valence-electron chi connectivity index (χ3n) is 8.47. The minimum absolute atomic E-state index is 0.0423. The molecule has 8 rings (SSSR count). The Morgan fingerprint density at radius 1 is 0.770 bits per heavy atom. The molecule has 0 aliphatic carbocycles. The number of esters is 1. The number of pyridine rings is 1. The summed E-state index contributed by atoms with van der Waals surface area (Å²) in [7, 11) is 0. The van der Waals surface area contributed by atoms with E-state index in [0.29, 0.717) is 37.2 Å². The molecule has 0 radical (unpaired) electrons. The molecular weight excluding hydrogens is 919 g/mol. The molecule has 0 spiro atoms. The first-order chi connectivity index (χ1) is 29.1. The van der Waals surface area contributed by atoms with E-state index >= 15 is 0 Å². The molecule has 0 aromatic carbocycles. The molecule has 0 saturated heterocycles. The number of ether oxygens (including phenoxy) is 1. The lowest BCUT2D eigenvalue weighted by molar-refractivity contribution is -0.154. The van der Waals surface area contributed by atoms with Crippen LogP contribution in [0, 0.1) is 27.7 Å². The number of fused-ring (bicyclic) bond motifs is 1. The SMILES string of the molecule is Cc1scnc1Br.Cc1scnc1CCC(=O)OC(C)(C)C.Cc1scnc1CCC(=O)c1nc(-c2ccc3nccn3c2)c(-c2ncco2)nc1N.Cc1scnc1CN. The molecule has 320 valence electrons. The Morgan fingerprint density at radius 2 is 1.38 bits per heavy atom. The highest BCUT2D eigenvalue weighted by Gasteiger charge is 2.23. The lowest BCUT2D eigenvalue weighted by Crippen LogP contribution is -2.24. The zero-order valence-electron chi connectivity index (χ0n) is 34.7. The van der Waals surface area contributed by atoms with Crippen molar-refractivity contribution in [3.8, 4) is 22.8 Å². The Bertz CT molecular complexity index is 2630. The first-order valence-corrected chi connectivity index (χ1v) is 23.1. The van der Waals surface area contributed by atoms with Crippen LogP contribution in [0.25, 0.3) is 28.5 Å². The van der Waals surface area contributed by atoms with E-state index in [1.54, 1.807) is 62.6 Å². The topological polar surface area (TPSA) is 216 Å². The van der Waals surface area contributed by atoms with Crippen LogP contribution in [0.5, 0.6) is 0 Å². The van der Waals surface area contributed by atoms with Crippen molar-refractivity contribution in [1.82, 2.24) is 44.3 Å². The number of imidazole rings is 1. The van der Waals surface area contributed by atoms with Gasteiger partial charge in [-0.15, -0.1) is 45.3 Å². The van der Waals surface area contributed by atoms with Gasteiger partial charge in [0.2, 0.25) is 5.89 Å². The molecule has 0 fully saturated rings. The predicted octanol–water partition coefficient (Wildman–Crippen LogP) is 9.46. The molecule has 8 aromatic heterocycles. The van der Waals surface area contributed by atoms with Crippen molar-refractivity contribution in [3.05, 3.63) is 112 Å². The van der Waals surface area contributed by atoms with E-state index in [4.69, 9.17) is 20.6 Å². The molecule has 8 aromatic rings. The molecule has 0 bridgehead atoms. The number of nitrogen functional groups attached to an aromatic ring is 1. The predicted molar refractivity (Wildman–Crippen MR) is 246 cm³/mol. The maximum absolute atomic E-state index is 13.0. The molecule has 0 aliphatic heterocycles. The summed E-state index contributed by atoms with van der Waals surface area (Å²) in [6.45, 7) is 14.2. The number of halogens is 1. The van der Waals surface area contributed by atoms with E-state index < -0.39 is 5.60 Å². The number of hydrogen-bond donors (Lipinski definition) is 2. The molecule has 8 heterocycles. The molecule has 61 heavy (non-hydrogen) atoms. The summed E-state index contributed by atoms with van der Waals surface area (Å²) in [5.74, 6) is -0.0334. The number of aromatic nitrogens is 9. The monoisotopic (exact) mass is 963 g/mol. The molecule has 0 unspecified atom stereocenters. The zero-order chi connectivity index (χ0) is 44.1. The van der Waals surface area contributed by atoms with Crippen LogP contribution in [0.4, 0.5) is 5.82 Å². The Morgan fingerprint density at radius 3 is 1.87 bits per heavy atom. The number of carbonyl (C=O) groups excluding carboxylic acids is 2. The molecule has 0 aliphatic rings. The second-order valence-electron chi connectivity index (χ2n) is 14.1. The van der Waals surface area contributed by atoms with E-state index in [-0.39, 0.29) is 35.6 Å². The third-order valence-corrected chi connectivity index (χ3v) is 12.7. The molecular formula is C41H46BrN11O4S4. The molecule has 4 N–H and O–H groups in total. The summed E-state index contributed by atoms with van der Waals surface area (Å²) in [6, 6.07) is 3.72. The van der Waals surface area contributed by atoms with E-state index in [0.717, 1.165) is 37.8 Å². The van der Waals surface area contributed by atoms with Crippen LogP contribution in [-0.2, 0) is 28.9 Å².